The third-order valence-corrected chi connectivity index (χ3v) is 4.85. The van der Waals surface area contributed by atoms with Crippen molar-refractivity contribution in [1.82, 2.24) is 10.6 Å². The Labute approximate surface area is 96.9 Å². The first-order valence-electron chi connectivity index (χ1n) is 5.75. The molecule has 0 saturated carbocycles. The number of carbonyl (C=O) groups is 1. The summed E-state index contributed by atoms with van der Waals surface area (Å²) in [6, 6.07) is 0. The number of piperidine rings is 1. The highest BCUT2D eigenvalue weighted by Crippen LogP contribution is 2.13. The van der Waals surface area contributed by atoms with Crippen molar-refractivity contribution in [2.75, 3.05) is 25.4 Å². The van der Waals surface area contributed by atoms with E-state index in [0.29, 0.717) is 19.4 Å². The third-order valence-electron chi connectivity index (χ3n) is 2.70. The maximum atomic E-state index is 11.9. The van der Waals surface area contributed by atoms with E-state index in [4.69, 9.17) is 0 Å². The van der Waals surface area contributed by atoms with Gasteiger partial charge in [0.05, 0.1) is 5.25 Å². The molecule has 0 aliphatic carbocycles. The molecule has 1 aliphatic rings. The summed E-state index contributed by atoms with van der Waals surface area (Å²) in [7, 11) is -3.27. The highest BCUT2D eigenvalue weighted by molar-refractivity contribution is 7.92. The van der Waals surface area contributed by atoms with Gasteiger partial charge in [-0.05, 0) is 32.4 Å². The van der Waals surface area contributed by atoms with Gasteiger partial charge in [0.1, 0.15) is 5.75 Å². The Balaban J connectivity index is 2.46. The Bertz CT molecular complexity index is 321. The van der Waals surface area contributed by atoms with Crippen LogP contribution in [0.25, 0.3) is 0 Å². The second-order valence-corrected chi connectivity index (χ2v) is 6.39. The van der Waals surface area contributed by atoms with E-state index in [0.717, 1.165) is 19.5 Å². The SMILES string of the molecule is CCCNC(=O)CS(=O)(=O)C1CCNCC1. The number of nitrogens with one attached hydrogen (secondary N) is 2. The second kappa shape index (κ2) is 6.20. The molecule has 0 aromatic heterocycles. The van der Waals surface area contributed by atoms with Crippen molar-refractivity contribution in [3.63, 3.8) is 0 Å². The molecule has 2 N–H and O–H groups in total. The fourth-order valence-electron chi connectivity index (χ4n) is 1.77. The van der Waals surface area contributed by atoms with Crippen molar-refractivity contribution in [1.29, 1.82) is 0 Å². The van der Waals surface area contributed by atoms with E-state index in [1.165, 1.54) is 0 Å². The zero-order chi connectivity index (χ0) is 12.0. The molecule has 94 valence electrons. The lowest BCUT2D eigenvalue weighted by Crippen LogP contribution is -2.40. The fraction of sp³-hybridized carbons (Fsp3) is 0.900. The topological polar surface area (TPSA) is 75.3 Å². The van der Waals surface area contributed by atoms with Crippen LogP contribution in [0, 0.1) is 0 Å². The number of sulfone groups is 1. The average Bonchev–Trinajstić information content (AvgIpc) is 2.27. The third kappa shape index (κ3) is 4.09. The Kier molecular flexibility index (Phi) is 5.21. The normalized spacial score (nSPS) is 18.3. The molecule has 0 atom stereocenters. The number of hydrogen-bond acceptors (Lipinski definition) is 4. The highest BCUT2D eigenvalue weighted by atomic mass is 32.2. The van der Waals surface area contributed by atoms with Crippen LogP contribution < -0.4 is 10.6 Å². The molecule has 5 nitrogen and oxygen atoms in total. The maximum Gasteiger partial charge on any atom is 0.235 e. The van der Waals surface area contributed by atoms with Crippen LogP contribution in [0.15, 0.2) is 0 Å². The minimum atomic E-state index is -3.27. The lowest BCUT2D eigenvalue weighted by molar-refractivity contribution is -0.118. The minimum absolute atomic E-state index is 0.346. The molecule has 0 radical (unpaired) electrons. The molecule has 0 spiro atoms. The molecule has 1 fully saturated rings. The maximum absolute atomic E-state index is 11.9. The minimum Gasteiger partial charge on any atom is -0.355 e. The molecule has 16 heavy (non-hydrogen) atoms. The van der Waals surface area contributed by atoms with Gasteiger partial charge >= 0.3 is 0 Å². The first-order chi connectivity index (χ1) is 7.56. The Morgan fingerprint density at radius 1 is 1.38 bits per heavy atom. The second-order valence-electron chi connectivity index (χ2n) is 4.11. The van der Waals surface area contributed by atoms with Gasteiger partial charge in [0.2, 0.25) is 5.91 Å². The predicted molar refractivity (Wildman–Crippen MR) is 63.0 cm³/mol. The molecule has 1 rings (SSSR count). The zero-order valence-corrected chi connectivity index (χ0v) is 10.5. The Morgan fingerprint density at radius 2 is 2.00 bits per heavy atom. The smallest absolute Gasteiger partial charge is 0.235 e. The van der Waals surface area contributed by atoms with Crippen LogP contribution in [0.2, 0.25) is 0 Å². The van der Waals surface area contributed by atoms with Crippen molar-refractivity contribution < 1.29 is 13.2 Å². The van der Waals surface area contributed by atoms with Gasteiger partial charge < -0.3 is 10.6 Å². The van der Waals surface area contributed by atoms with Gasteiger partial charge in [-0.15, -0.1) is 0 Å². The number of rotatable bonds is 5. The van der Waals surface area contributed by atoms with Crippen LogP contribution in [-0.2, 0) is 14.6 Å². The highest BCUT2D eigenvalue weighted by Gasteiger charge is 2.28. The standard InChI is InChI=1S/C10H20N2O3S/c1-2-5-12-10(13)8-16(14,15)9-3-6-11-7-4-9/h9,11H,2-8H2,1H3,(H,12,13). The van der Waals surface area contributed by atoms with Crippen molar-refractivity contribution in [3.05, 3.63) is 0 Å². The average molecular weight is 248 g/mol. The van der Waals surface area contributed by atoms with Gasteiger partial charge in [0, 0.05) is 6.54 Å². The Hall–Kier alpha value is -0.620. The summed E-state index contributed by atoms with van der Waals surface area (Å²) in [6.07, 6.45) is 2.05. The van der Waals surface area contributed by atoms with E-state index >= 15 is 0 Å². The van der Waals surface area contributed by atoms with Crippen molar-refractivity contribution in [2.24, 2.45) is 0 Å². The molecule has 0 unspecified atom stereocenters. The molecule has 6 heteroatoms. The number of hydrogen-bond donors (Lipinski definition) is 2. The molecule has 1 amide bonds. The van der Waals surface area contributed by atoms with Crippen molar-refractivity contribution >= 4 is 15.7 Å². The summed E-state index contributed by atoms with van der Waals surface area (Å²) in [4.78, 5) is 11.4. The number of amides is 1. The molecule has 1 saturated heterocycles. The van der Waals surface area contributed by atoms with Crippen LogP contribution in [0.3, 0.4) is 0 Å². The number of carbonyl (C=O) groups excluding carboxylic acids is 1. The zero-order valence-electron chi connectivity index (χ0n) is 9.66. The summed E-state index contributed by atoms with van der Waals surface area (Å²) in [5, 5.41) is 5.36. The molecule has 1 heterocycles. The summed E-state index contributed by atoms with van der Waals surface area (Å²) in [5.41, 5.74) is 0. The van der Waals surface area contributed by atoms with Crippen LogP contribution in [0.5, 0.6) is 0 Å². The summed E-state index contributed by atoms with van der Waals surface area (Å²) < 4.78 is 23.7. The van der Waals surface area contributed by atoms with E-state index in [1.807, 2.05) is 6.92 Å². The monoisotopic (exact) mass is 248 g/mol. The van der Waals surface area contributed by atoms with Gasteiger partial charge in [-0.25, -0.2) is 8.42 Å². The van der Waals surface area contributed by atoms with E-state index in [-0.39, 0.29) is 16.9 Å². The van der Waals surface area contributed by atoms with Crippen LogP contribution in [-0.4, -0.2) is 45.0 Å². The van der Waals surface area contributed by atoms with E-state index in [1.54, 1.807) is 0 Å². The first-order valence-corrected chi connectivity index (χ1v) is 7.47. The largest absolute Gasteiger partial charge is 0.355 e. The first kappa shape index (κ1) is 13.4. The lowest BCUT2D eigenvalue weighted by Gasteiger charge is -2.22. The molecular weight excluding hydrogens is 228 g/mol. The quantitative estimate of drug-likeness (QED) is 0.699. The van der Waals surface area contributed by atoms with Crippen LogP contribution in [0.4, 0.5) is 0 Å². The molecule has 0 aromatic carbocycles. The Morgan fingerprint density at radius 3 is 2.56 bits per heavy atom. The van der Waals surface area contributed by atoms with Crippen LogP contribution in [0.1, 0.15) is 26.2 Å². The van der Waals surface area contributed by atoms with Gasteiger partial charge in [-0.3, -0.25) is 4.79 Å². The molecule has 0 bridgehead atoms. The summed E-state index contributed by atoms with van der Waals surface area (Å²) in [5.74, 6) is -0.738. The van der Waals surface area contributed by atoms with Crippen LogP contribution >= 0.6 is 0 Å². The van der Waals surface area contributed by atoms with Crippen molar-refractivity contribution in [3.8, 4) is 0 Å². The fourth-order valence-corrected chi connectivity index (χ4v) is 3.43. The van der Waals surface area contributed by atoms with E-state index < -0.39 is 9.84 Å². The van der Waals surface area contributed by atoms with E-state index in [9.17, 15) is 13.2 Å². The molecular formula is C10H20N2O3S. The van der Waals surface area contributed by atoms with Gasteiger partial charge in [0.25, 0.3) is 0 Å². The van der Waals surface area contributed by atoms with Crippen molar-refractivity contribution in [2.45, 2.75) is 31.4 Å². The van der Waals surface area contributed by atoms with E-state index in [2.05, 4.69) is 10.6 Å². The van der Waals surface area contributed by atoms with Gasteiger partial charge in [-0.1, -0.05) is 6.92 Å². The lowest BCUT2D eigenvalue weighted by atomic mass is 10.2. The van der Waals surface area contributed by atoms with Gasteiger partial charge in [-0.2, -0.15) is 0 Å². The summed E-state index contributed by atoms with van der Waals surface area (Å²) >= 11 is 0. The summed E-state index contributed by atoms with van der Waals surface area (Å²) in [6.45, 7) is 3.92. The predicted octanol–water partition coefficient (Wildman–Crippen LogP) is -0.321. The van der Waals surface area contributed by atoms with Gasteiger partial charge in [0.15, 0.2) is 9.84 Å². The molecule has 1 aliphatic heterocycles. The molecule has 0 aromatic rings.